The Labute approximate surface area is 98.2 Å². The summed E-state index contributed by atoms with van der Waals surface area (Å²) >= 11 is 1.61. The van der Waals surface area contributed by atoms with E-state index in [0.29, 0.717) is 26.0 Å². The number of carbonyl (C=O) groups is 2. The van der Waals surface area contributed by atoms with Gasteiger partial charge in [-0.05, 0) is 17.9 Å². The average Bonchev–Trinajstić information content (AvgIpc) is 2.79. The molecule has 0 atom stereocenters. The van der Waals surface area contributed by atoms with Crippen LogP contribution in [0.15, 0.2) is 17.5 Å². The van der Waals surface area contributed by atoms with E-state index in [4.69, 9.17) is 0 Å². The zero-order valence-corrected chi connectivity index (χ0v) is 9.68. The maximum atomic E-state index is 11.3. The van der Waals surface area contributed by atoms with Crippen LogP contribution < -0.4 is 16.0 Å². The number of thiophene rings is 1. The number of carbonyl (C=O) groups excluding carboxylic acids is 2. The van der Waals surface area contributed by atoms with Gasteiger partial charge in [-0.25, -0.2) is 4.79 Å². The van der Waals surface area contributed by atoms with Gasteiger partial charge in [0, 0.05) is 18.0 Å². The molecule has 5 nitrogen and oxygen atoms in total. The minimum absolute atomic E-state index is 0.181. The summed E-state index contributed by atoms with van der Waals surface area (Å²) in [5.41, 5.74) is 0. The Kier molecular flexibility index (Phi) is 6.02. The lowest BCUT2D eigenvalue weighted by molar-refractivity contribution is -0.109. The van der Waals surface area contributed by atoms with E-state index in [2.05, 4.69) is 16.0 Å². The molecular formula is C10H15N3O2S. The van der Waals surface area contributed by atoms with Crippen LogP contribution in [0.3, 0.4) is 0 Å². The molecule has 3 N–H and O–H groups in total. The molecule has 0 unspecified atom stereocenters. The molecule has 0 fully saturated rings. The first-order chi connectivity index (χ1) is 7.83. The number of rotatable bonds is 7. The molecule has 0 bridgehead atoms. The highest BCUT2D eigenvalue weighted by molar-refractivity contribution is 7.09. The van der Waals surface area contributed by atoms with Crippen molar-refractivity contribution in [2.75, 3.05) is 13.1 Å². The van der Waals surface area contributed by atoms with E-state index in [1.165, 1.54) is 0 Å². The molecule has 0 aliphatic rings. The van der Waals surface area contributed by atoms with Crippen molar-refractivity contribution in [3.8, 4) is 0 Å². The van der Waals surface area contributed by atoms with Crippen LogP contribution in [0.4, 0.5) is 4.79 Å². The highest BCUT2D eigenvalue weighted by atomic mass is 32.1. The Balaban J connectivity index is 2.00. The fourth-order valence-corrected chi connectivity index (χ4v) is 1.74. The Morgan fingerprint density at radius 2 is 2.25 bits per heavy atom. The van der Waals surface area contributed by atoms with E-state index in [1.54, 1.807) is 11.3 Å². The topological polar surface area (TPSA) is 70.2 Å². The maximum Gasteiger partial charge on any atom is 0.315 e. The van der Waals surface area contributed by atoms with Gasteiger partial charge < -0.3 is 16.0 Å². The monoisotopic (exact) mass is 241 g/mol. The van der Waals surface area contributed by atoms with Gasteiger partial charge in [-0.3, -0.25) is 4.79 Å². The molecule has 0 saturated heterocycles. The van der Waals surface area contributed by atoms with E-state index in [1.807, 2.05) is 17.5 Å². The summed E-state index contributed by atoms with van der Waals surface area (Å²) < 4.78 is 0. The standard InChI is InChI=1S/C10H15N3O2S/c14-8-11-4-2-5-12-10(15)13-7-9-3-1-6-16-9/h1,3,6,8H,2,4-5,7H2,(H,11,14)(H2,12,13,15). The fourth-order valence-electron chi connectivity index (χ4n) is 1.09. The van der Waals surface area contributed by atoms with Gasteiger partial charge in [-0.1, -0.05) is 6.07 Å². The number of amides is 3. The molecule has 0 aliphatic carbocycles. The minimum atomic E-state index is -0.181. The first-order valence-corrected chi connectivity index (χ1v) is 5.92. The summed E-state index contributed by atoms with van der Waals surface area (Å²) in [7, 11) is 0. The predicted molar refractivity (Wildman–Crippen MR) is 63.2 cm³/mol. The summed E-state index contributed by atoms with van der Waals surface area (Å²) in [5.74, 6) is 0. The van der Waals surface area contributed by atoms with Gasteiger partial charge in [0.15, 0.2) is 0 Å². The molecule has 1 aromatic rings. The highest BCUT2D eigenvalue weighted by Crippen LogP contribution is 2.06. The largest absolute Gasteiger partial charge is 0.359 e. The van der Waals surface area contributed by atoms with Crippen LogP contribution in [0.5, 0.6) is 0 Å². The quantitative estimate of drug-likeness (QED) is 0.485. The second-order valence-corrected chi connectivity index (χ2v) is 4.15. The van der Waals surface area contributed by atoms with E-state index < -0.39 is 0 Å². The van der Waals surface area contributed by atoms with Crippen molar-refractivity contribution < 1.29 is 9.59 Å². The fraction of sp³-hybridized carbons (Fsp3) is 0.400. The predicted octanol–water partition coefficient (Wildman–Crippen LogP) is 0.683. The van der Waals surface area contributed by atoms with Crippen LogP contribution in [0.25, 0.3) is 0 Å². The number of nitrogens with one attached hydrogen (secondary N) is 3. The molecular weight excluding hydrogens is 226 g/mol. The highest BCUT2D eigenvalue weighted by Gasteiger charge is 1.99. The molecule has 3 amide bonds. The third-order valence-corrected chi connectivity index (χ3v) is 2.75. The molecule has 16 heavy (non-hydrogen) atoms. The van der Waals surface area contributed by atoms with Crippen molar-refractivity contribution in [2.24, 2.45) is 0 Å². The number of urea groups is 1. The van der Waals surface area contributed by atoms with Crippen LogP contribution in [0.2, 0.25) is 0 Å². The second kappa shape index (κ2) is 7.70. The summed E-state index contributed by atoms with van der Waals surface area (Å²) in [4.78, 5) is 22.3. The maximum absolute atomic E-state index is 11.3. The molecule has 1 heterocycles. The molecule has 88 valence electrons. The van der Waals surface area contributed by atoms with Gasteiger partial charge >= 0.3 is 6.03 Å². The minimum Gasteiger partial charge on any atom is -0.359 e. The Morgan fingerprint density at radius 1 is 1.38 bits per heavy atom. The van der Waals surface area contributed by atoms with Gasteiger partial charge in [0.1, 0.15) is 0 Å². The van der Waals surface area contributed by atoms with Gasteiger partial charge in [0.2, 0.25) is 6.41 Å². The lowest BCUT2D eigenvalue weighted by Crippen LogP contribution is -2.36. The van der Waals surface area contributed by atoms with Gasteiger partial charge in [-0.2, -0.15) is 0 Å². The Morgan fingerprint density at radius 3 is 2.94 bits per heavy atom. The third kappa shape index (κ3) is 5.35. The zero-order chi connectivity index (χ0) is 11.6. The summed E-state index contributed by atoms with van der Waals surface area (Å²) in [6, 6.07) is 3.74. The van der Waals surface area contributed by atoms with E-state index in [0.717, 1.165) is 11.3 Å². The van der Waals surface area contributed by atoms with E-state index in [9.17, 15) is 9.59 Å². The van der Waals surface area contributed by atoms with Gasteiger partial charge in [0.25, 0.3) is 0 Å². The van der Waals surface area contributed by atoms with Crippen molar-refractivity contribution in [3.05, 3.63) is 22.4 Å². The summed E-state index contributed by atoms with van der Waals surface area (Å²) in [5, 5.41) is 9.95. The molecule has 0 aromatic carbocycles. The van der Waals surface area contributed by atoms with Crippen LogP contribution in [0, 0.1) is 0 Å². The van der Waals surface area contributed by atoms with Crippen LogP contribution in [-0.4, -0.2) is 25.5 Å². The molecule has 0 saturated carbocycles. The SMILES string of the molecule is O=CNCCCNC(=O)NCc1cccs1. The van der Waals surface area contributed by atoms with Crippen molar-refractivity contribution in [1.82, 2.24) is 16.0 Å². The lowest BCUT2D eigenvalue weighted by Gasteiger charge is -2.06. The molecule has 0 radical (unpaired) electrons. The third-order valence-electron chi connectivity index (χ3n) is 1.87. The average molecular weight is 241 g/mol. The normalized spacial score (nSPS) is 9.50. The second-order valence-electron chi connectivity index (χ2n) is 3.11. The number of hydrogen-bond acceptors (Lipinski definition) is 3. The molecule has 0 spiro atoms. The first kappa shape index (κ1) is 12.5. The van der Waals surface area contributed by atoms with Crippen LogP contribution in [-0.2, 0) is 11.3 Å². The van der Waals surface area contributed by atoms with Crippen molar-refractivity contribution in [1.29, 1.82) is 0 Å². The molecule has 1 rings (SSSR count). The smallest absolute Gasteiger partial charge is 0.315 e. The van der Waals surface area contributed by atoms with Crippen LogP contribution >= 0.6 is 11.3 Å². The molecule has 1 aromatic heterocycles. The number of hydrogen-bond donors (Lipinski definition) is 3. The van der Waals surface area contributed by atoms with Gasteiger partial charge in [0.05, 0.1) is 6.54 Å². The van der Waals surface area contributed by atoms with E-state index in [-0.39, 0.29) is 6.03 Å². The van der Waals surface area contributed by atoms with Crippen molar-refractivity contribution in [2.45, 2.75) is 13.0 Å². The Hall–Kier alpha value is -1.56. The first-order valence-electron chi connectivity index (χ1n) is 5.04. The van der Waals surface area contributed by atoms with Crippen LogP contribution in [0.1, 0.15) is 11.3 Å². The molecule has 0 aliphatic heterocycles. The summed E-state index contributed by atoms with van der Waals surface area (Å²) in [6.45, 7) is 1.68. The lowest BCUT2D eigenvalue weighted by atomic mass is 10.4. The van der Waals surface area contributed by atoms with Crippen molar-refractivity contribution in [3.63, 3.8) is 0 Å². The van der Waals surface area contributed by atoms with E-state index >= 15 is 0 Å². The van der Waals surface area contributed by atoms with Gasteiger partial charge in [-0.15, -0.1) is 11.3 Å². The Bertz CT molecular complexity index is 314. The summed E-state index contributed by atoms with van der Waals surface area (Å²) in [6.07, 6.45) is 1.38. The van der Waals surface area contributed by atoms with Crippen molar-refractivity contribution >= 4 is 23.8 Å². The molecule has 6 heteroatoms. The zero-order valence-electron chi connectivity index (χ0n) is 8.86.